The van der Waals surface area contributed by atoms with Crippen molar-refractivity contribution in [2.45, 2.75) is 116 Å². The molecule has 0 saturated heterocycles. The lowest BCUT2D eigenvalue weighted by Crippen LogP contribution is -2.20. The van der Waals surface area contributed by atoms with Crippen LogP contribution in [0.15, 0.2) is 0 Å². The first-order chi connectivity index (χ1) is 10.3. The molecule has 1 radical (unpaired) electrons. The molecule has 0 aromatic rings. The molecule has 0 aliphatic carbocycles. The van der Waals surface area contributed by atoms with Gasteiger partial charge in [-0.2, -0.15) is 0 Å². The maximum Gasteiger partial charge on any atom is 0.197 e. The van der Waals surface area contributed by atoms with Gasteiger partial charge in [0.25, 0.3) is 0 Å². The van der Waals surface area contributed by atoms with E-state index in [-0.39, 0.29) is 9.76 Å². The van der Waals surface area contributed by atoms with Crippen LogP contribution >= 0.6 is 0 Å². The Balaban J connectivity index is 3.67. The van der Waals surface area contributed by atoms with E-state index in [2.05, 4.69) is 20.8 Å². The van der Waals surface area contributed by atoms with Crippen LogP contribution in [0, 0.1) is 0 Å². The summed E-state index contributed by atoms with van der Waals surface area (Å²) in [5, 5.41) is 0. The lowest BCUT2D eigenvalue weighted by molar-refractivity contribution is 0.568. The second kappa shape index (κ2) is 18.4. The highest BCUT2D eigenvalue weighted by molar-refractivity contribution is 6.58. The molecule has 0 aliphatic heterocycles. The number of rotatable bonds is 17. The molecule has 1 nitrogen and oxygen atoms in total. The summed E-state index contributed by atoms with van der Waals surface area (Å²) in [5.74, 6) is 0. The van der Waals surface area contributed by atoms with E-state index < -0.39 is 9.04 Å². The fourth-order valence-corrected chi connectivity index (χ4v) is 7.67. The average Bonchev–Trinajstić information content (AvgIpc) is 2.50. The van der Waals surface area contributed by atoms with Gasteiger partial charge >= 0.3 is 0 Å². The summed E-state index contributed by atoms with van der Waals surface area (Å²) < 4.78 is 6.42. The molecule has 21 heavy (non-hydrogen) atoms. The lowest BCUT2D eigenvalue weighted by Gasteiger charge is -2.16. The Morgan fingerprint density at radius 3 is 1.57 bits per heavy atom. The second-order valence-electron chi connectivity index (χ2n) is 6.42. The van der Waals surface area contributed by atoms with Crippen LogP contribution in [0.5, 0.6) is 0 Å². The highest BCUT2D eigenvalue weighted by atomic mass is 28.3. The van der Waals surface area contributed by atoms with Crippen molar-refractivity contribution in [3.8, 4) is 0 Å². The Kier molecular flexibility index (Phi) is 18.8. The normalized spacial score (nSPS) is 12.0. The smallest absolute Gasteiger partial charge is 0.197 e. The molecule has 0 fully saturated rings. The van der Waals surface area contributed by atoms with Gasteiger partial charge in [-0.15, -0.1) is 0 Å². The maximum atomic E-state index is 6.42. The average molecular weight is 330 g/mol. The first-order valence-corrected chi connectivity index (χ1v) is 13.2. The van der Waals surface area contributed by atoms with E-state index in [9.17, 15) is 0 Å². The molecule has 0 aromatic heterocycles. The molecule has 0 rings (SSSR count). The summed E-state index contributed by atoms with van der Waals surface area (Å²) in [6, 6.07) is 4.29. The van der Waals surface area contributed by atoms with Crippen LogP contribution in [0.1, 0.15) is 97.8 Å². The topological polar surface area (TPSA) is 9.23 Å². The van der Waals surface area contributed by atoms with Gasteiger partial charge in [0, 0.05) is 0 Å². The van der Waals surface area contributed by atoms with Crippen molar-refractivity contribution < 1.29 is 4.12 Å². The van der Waals surface area contributed by atoms with E-state index >= 15 is 0 Å². The molecule has 0 atom stereocenters. The minimum Gasteiger partial charge on any atom is -0.460 e. The van der Waals surface area contributed by atoms with Crippen molar-refractivity contribution >= 4 is 18.8 Å². The van der Waals surface area contributed by atoms with Gasteiger partial charge in [-0.25, -0.2) is 0 Å². The van der Waals surface area contributed by atoms with E-state index in [0.717, 1.165) is 0 Å². The third-order valence-corrected chi connectivity index (χ3v) is 9.23. The van der Waals surface area contributed by atoms with Crippen molar-refractivity contribution in [3.63, 3.8) is 0 Å². The van der Waals surface area contributed by atoms with E-state index in [1.165, 1.54) is 95.2 Å². The Bertz CT molecular complexity index is 176. The monoisotopic (exact) mass is 329 g/mol. The first-order valence-electron chi connectivity index (χ1n) is 9.82. The zero-order chi connectivity index (χ0) is 15.6. The van der Waals surface area contributed by atoms with Crippen LogP contribution in [0.4, 0.5) is 0 Å². The van der Waals surface area contributed by atoms with Crippen molar-refractivity contribution in [3.05, 3.63) is 0 Å². The van der Waals surface area contributed by atoms with Crippen LogP contribution < -0.4 is 0 Å². The van der Waals surface area contributed by atoms with Crippen LogP contribution in [0.25, 0.3) is 0 Å². The molecule has 0 saturated carbocycles. The fraction of sp³-hybridized carbons (Fsp3) is 1.00. The van der Waals surface area contributed by atoms with Crippen molar-refractivity contribution in [1.29, 1.82) is 0 Å². The molecule has 0 bridgehead atoms. The van der Waals surface area contributed by atoms with E-state index in [1.54, 1.807) is 0 Å². The van der Waals surface area contributed by atoms with Gasteiger partial charge in [-0.05, 0) is 18.1 Å². The number of hydrogen-bond acceptors (Lipinski definition) is 1. The molecule has 0 N–H and O–H groups in total. The Morgan fingerprint density at radius 2 is 1.10 bits per heavy atom. The van der Waals surface area contributed by atoms with Gasteiger partial charge in [0.2, 0.25) is 0 Å². The second-order valence-corrected chi connectivity index (χ2v) is 10.8. The molecule has 0 heterocycles. The molecule has 3 heteroatoms. The summed E-state index contributed by atoms with van der Waals surface area (Å²) in [7, 11) is -0.634. The molecule has 127 valence electrons. The van der Waals surface area contributed by atoms with Crippen molar-refractivity contribution in [1.82, 2.24) is 0 Å². The van der Waals surface area contributed by atoms with Crippen molar-refractivity contribution in [2.75, 3.05) is 0 Å². The van der Waals surface area contributed by atoms with E-state index in [0.29, 0.717) is 0 Å². The fourth-order valence-electron chi connectivity index (χ4n) is 2.69. The predicted octanol–water partition coefficient (Wildman–Crippen LogP) is 6.24. The van der Waals surface area contributed by atoms with Gasteiger partial charge in [-0.3, -0.25) is 0 Å². The van der Waals surface area contributed by atoms with Gasteiger partial charge in [0.15, 0.2) is 9.04 Å². The molecule has 0 amide bonds. The molecular formula is C18H41OSi2. The Morgan fingerprint density at radius 1 is 0.619 bits per heavy atom. The van der Waals surface area contributed by atoms with E-state index in [4.69, 9.17) is 4.12 Å². The minimum atomic E-state index is -0.436. The third kappa shape index (κ3) is 16.6. The quantitative estimate of drug-likeness (QED) is 0.227. The molecular weight excluding hydrogens is 288 g/mol. The summed E-state index contributed by atoms with van der Waals surface area (Å²) in [6.45, 7) is 6.90. The summed E-state index contributed by atoms with van der Waals surface area (Å²) >= 11 is 0. The third-order valence-electron chi connectivity index (χ3n) is 4.17. The van der Waals surface area contributed by atoms with Crippen LogP contribution in [0.3, 0.4) is 0 Å². The zero-order valence-corrected chi connectivity index (χ0v) is 17.6. The van der Waals surface area contributed by atoms with Crippen LogP contribution in [-0.2, 0) is 4.12 Å². The van der Waals surface area contributed by atoms with E-state index in [1.807, 2.05) is 0 Å². The Labute approximate surface area is 139 Å². The standard InChI is InChI=1S/C18H41OSi2/c1-4-7-10-13-16-20-19-21(17-14-11-8-5-2)18-15-12-9-6-3/h4-18,20H2,1-3H3. The van der Waals surface area contributed by atoms with Gasteiger partial charge in [-0.1, -0.05) is 97.8 Å². The van der Waals surface area contributed by atoms with Gasteiger partial charge < -0.3 is 4.12 Å². The summed E-state index contributed by atoms with van der Waals surface area (Å²) in [4.78, 5) is 0. The zero-order valence-electron chi connectivity index (χ0n) is 15.2. The van der Waals surface area contributed by atoms with Crippen molar-refractivity contribution in [2.24, 2.45) is 0 Å². The number of hydrogen-bond donors (Lipinski definition) is 0. The predicted molar refractivity (Wildman–Crippen MR) is 102 cm³/mol. The van der Waals surface area contributed by atoms with Crippen LogP contribution in [0.2, 0.25) is 18.1 Å². The molecule has 0 unspecified atom stereocenters. The summed E-state index contributed by atoms with van der Waals surface area (Å²) in [6.07, 6.45) is 16.9. The van der Waals surface area contributed by atoms with Gasteiger partial charge in [0.1, 0.15) is 9.76 Å². The Hall–Kier alpha value is 0.394. The molecule has 0 aliphatic rings. The maximum absolute atomic E-state index is 6.42. The minimum absolute atomic E-state index is 0.198. The highest BCUT2D eigenvalue weighted by Gasteiger charge is 2.12. The SMILES string of the molecule is CCCCCC[SiH2]O[Si](CCCCCC)CCCCCC. The molecule has 0 aromatic carbocycles. The summed E-state index contributed by atoms with van der Waals surface area (Å²) in [5.41, 5.74) is 0. The van der Waals surface area contributed by atoms with Crippen LogP contribution in [-0.4, -0.2) is 18.8 Å². The lowest BCUT2D eigenvalue weighted by atomic mass is 10.2. The first kappa shape index (κ1) is 21.4. The molecule has 0 spiro atoms. The highest BCUT2D eigenvalue weighted by Crippen LogP contribution is 2.15. The van der Waals surface area contributed by atoms with Gasteiger partial charge in [0.05, 0.1) is 0 Å². The largest absolute Gasteiger partial charge is 0.460 e. The number of unbranched alkanes of at least 4 members (excludes halogenated alkanes) is 9.